The van der Waals surface area contributed by atoms with E-state index in [-0.39, 0.29) is 5.56 Å². The Balaban J connectivity index is 1.71. The Labute approximate surface area is 143 Å². The van der Waals surface area contributed by atoms with Gasteiger partial charge in [0.1, 0.15) is 5.82 Å². The first-order valence-electron chi connectivity index (χ1n) is 7.29. The van der Waals surface area contributed by atoms with Crippen molar-refractivity contribution in [1.29, 1.82) is 0 Å². The molecule has 6 nitrogen and oxygen atoms in total. The first-order chi connectivity index (χ1) is 12.0. The SMILES string of the molecule is O=C(COC(=O)/C=C/c1ccccc1)NNC(=O)c1ccc(F)cc1. The maximum Gasteiger partial charge on any atom is 0.331 e. The monoisotopic (exact) mass is 342 g/mol. The first-order valence-corrected chi connectivity index (χ1v) is 7.29. The average molecular weight is 342 g/mol. The molecule has 7 heteroatoms. The fourth-order valence-electron chi connectivity index (χ4n) is 1.75. The van der Waals surface area contributed by atoms with E-state index in [2.05, 4.69) is 10.9 Å². The Kier molecular flexibility index (Phi) is 6.41. The van der Waals surface area contributed by atoms with E-state index in [1.165, 1.54) is 18.2 Å². The van der Waals surface area contributed by atoms with Crippen molar-refractivity contribution < 1.29 is 23.5 Å². The van der Waals surface area contributed by atoms with Gasteiger partial charge in [0.05, 0.1) is 0 Å². The van der Waals surface area contributed by atoms with Crippen LogP contribution in [-0.2, 0) is 14.3 Å². The van der Waals surface area contributed by atoms with Gasteiger partial charge in [-0.2, -0.15) is 0 Å². The van der Waals surface area contributed by atoms with Crippen molar-refractivity contribution >= 4 is 23.9 Å². The molecule has 2 N–H and O–H groups in total. The summed E-state index contributed by atoms with van der Waals surface area (Å²) >= 11 is 0. The third-order valence-corrected chi connectivity index (χ3v) is 2.98. The molecule has 0 aromatic heterocycles. The average Bonchev–Trinajstić information content (AvgIpc) is 2.64. The van der Waals surface area contributed by atoms with Crippen LogP contribution in [0.3, 0.4) is 0 Å². The standard InChI is InChI=1S/C18H15FN2O4/c19-15-9-7-14(8-10-15)18(24)21-20-16(22)12-25-17(23)11-6-13-4-2-1-3-5-13/h1-11H,12H2,(H,20,22)(H,21,24)/b11-6+. The van der Waals surface area contributed by atoms with Gasteiger partial charge in [-0.25, -0.2) is 9.18 Å². The van der Waals surface area contributed by atoms with Crippen molar-refractivity contribution in [2.45, 2.75) is 0 Å². The van der Waals surface area contributed by atoms with Gasteiger partial charge < -0.3 is 4.74 Å². The normalized spacial score (nSPS) is 10.3. The molecule has 128 valence electrons. The molecule has 2 amide bonds. The lowest BCUT2D eigenvalue weighted by Crippen LogP contribution is -2.43. The van der Waals surface area contributed by atoms with Crippen LogP contribution in [0.1, 0.15) is 15.9 Å². The molecule has 0 unspecified atom stereocenters. The number of hydrazine groups is 1. The van der Waals surface area contributed by atoms with E-state index in [0.717, 1.165) is 17.7 Å². The molecule has 0 heterocycles. The summed E-state index contributed by atoms with van der Waals surface area (Å²) in [6.45, 7) is -0.554. The van der Waals surface area contributed by atoms with Crippen molar-refractivity contribution in [2.75, 3.05) is 6.61 Å². The molecular weight excluding hydrogens is 327 g/mol. The zero-order valence-electron chi connectivity index (χ0n) is 13.1. The second-order valence-corrected chi connectivity index (χ2v) is 4.86. The smallest absolute Gasteiger partial charge is 0.331 e. The van der Waals surface area contributed by atoms with E-state index < -0.39 is 30.2 Å². The molecule has 0 fully saturated rings. The fourth-order valence-corrected chi connectivity index (χ4v) is 1.75. The van der Waals surface area contributed by atoms with Crippen LogP contribution < -0.4 is 10.9 Å². The van der Waals surface area contributed by atoms with Gasteiger partial charge in [0.25, 0.3) is 11.8 Å². The van der Waals surface area contributed by atoms with Gasteiger partial charge in [0.15, 0.2) is 6.61 Å². The van der Waals surface area contributed by atoms with Crippen molar-refractivity contribution in [1.82, 2.24) is 10.9 Å². The lowest BCUT2D eigenvalue weighted by molar-refractivity contribution is -0.144. The molecular formula is C18H15FN2O4. The number of esters is 1. The topological polar surface area (TPSA) is 84.5 Å². The van der Waals surface area contributed by atoms with E-state index in [4.69, 9.17) is 4.74 Å². The highest BCUT2D eigenvalue weighted by atomic mass is 19.1. The molecule has 0 saturated carbocycles. The van der Waals surface area contributed by atoms with E-state index in [0.29, 0.717) is 0 Å². The number of rotatable bonds is 5. The van der Waals surface area contributed by atoms with Gasteiger partial charge in [-0.15, -0.1) is 0 Å². The number of carbonyl (C=O) groups excluding carboxylic acids is 3. The molecule has 0 bridgehead atoms. The summed E-state index contributed by atoms with van der Waals surface area (Å²) in [5.41, 5.74) is 5.21. The molecule has 0 atom stereocenters. The van der Waals surface area contributed by atoms with Gasteiger partial charge >= 0.3 is 5.97 Å². The summed E-state index contributed by atoms with van der Waals surface area (Å²) in [6.07, 6.45) is 2.75. The van der Waals surface area contributed by atoms with E-state index in [9.17, 15) is 18.8 Å². The quantitative estimate of drug-likeness (QED) is 0.493. The minimum Gasteiger partial charge on any atom is -0.452 e. The highest BCUT2D eigenvalue weighted by Gasteiger charge is 2.08. The number of ether oxygens (including phenoxy) is 1. The summed E-state index contributed by atoms with van der Waals surface area (Å²) in [6, 6.07) is 13.9. The number of hydrogen-bond acceptors (Lipinski definition) is 4. The number of hydrogen-bond donors (Lipinski definition) is 2. The summed E-state index contributed by atoms with van der Waals surface area (Å²) in [7, 11) is 0. The molecule has 0 saturated heterocycles. The Morgan fingerprint density at radius 3 is 2.32 bits per heavy atom. The predicted octanol–water partition coefficient (Wildman–Crippen LogP) is 1.84. The van der Waals surface area contributed by atoms with Gasteiger partial charge in [-0.3, -0.25) is 20.4 Å². The second kappa shape index (κ2) is 8.97. The summed E-state index contributed by atoms with van der Waals surface area (Å²) in [5, 5.41) is 0. The summed E-state index contributed by atoms with van der Waals surface area (Å²) in [5.74, 6) is -2.50. The van der Waals surface area contributed by atoms with Gasteiger partial charge in [0, 0.05) is 11.6 Å². The van der Waals surface area contributed by atoms with Crippen molar-refractivity contribution in [2.24, 2.45) is 0 Å². The number of nitrogens with one attached hydrogen (secondary N) is 2. The minimum atomic E-state index is -0.711. The van der Waals surface area contributed by atoms with Crippen LogP contribution in [0.5, 0.6) is 0 Å². The highest BCUT2D eigenvalue weighted by Crippen LogP contribution is 2.02. The lowest BCUT2D eigenvalue weighted by Gasteiger charge is -2.07. The Bertz CT molecular complexity index is 773. The van der Waals surface area contributed by atoms with Crippen LogP contribution in [0.4, 0.5) is 4.39 Å². The Morgan fingerprint density at radius 1 is 0.960 bits per heavy atom. The highest BCUT2D eigenvalue weighted by molar-refractivity contribution is 5.95. The Hall–Kier alpha value is -3.48. The maximum atomic E-state index is 12.8. The zero-order chi connectivity index (χ0) is 18.1. The first kappa shape index (κ1) is 17.9. The van der Waals surface area contributed by atoms with Crippen LogP contribution in [0, 0.1) is 5.82 Å². The number of carbonyl (C=O) groups is 3. The summed E-state index contributed by atoms with van der Waals surface area (Å²) in [4.78, 5) is 34.7. The molecule has 25 heavy (non-hydrogen) atoms. The van der Waals surface area contributed by atoms with E-state index in [1.807, 2.05) is 30.3 Å². The third-order valence-electron chi connectivity index (χ3n) is 2.98. The van der Waals surface area contributed by atoms with Crippen LogP contribution >= 0.6 is 0 Å². The van der Waals surface area contributed by atoms with Crippen LogP contribution in [-0.4, -0.2) is 24.4 Å². The number of halogens is 1. The largest absolute Gasteiger partial charge is 0.452 e. The van der Waals surface area contributed by atoms with Crippen LogP contribution in [0.25, 0.3) is 6.08 Å². The third kappa shape index (κ3) is 6.26. The second-order valence-electron chi connectivity index (χ2n) is 4.86. The molecule has 2 rings (SSSR count). The number of benzene rings is 2. The summed E-state index contributed by atoms with van der Waals surface area (Å²) < 4.78 is 17.5. The molecule has 2 aromatic rings. The molecule has 0 aliphatic rings. The molecule has 0 aliphatic carbocycles. The molecule has 0 spiro atoms. The van der Waals surface area contributed by atoms with Gasteiger partial charge in [-0.05, 0) is 35.9 Å². The lowest BCUT2D eigenvalue weighted by atomic mass is 10.2. The zero-order valence-corrected chi connectivity index (χ0v) is 13.1. The van der Waals surface area contributed by atoms with Gasteiger partial charge in [0.2, 0.25) is 0 Å². The molecule has 0 aliphatic heterocycles. The van der Waals surface area contributed by atoms with E-state index in [1.54, 1.807) is 6.08 Å². The van der Waals surface area contributed by atoms with E-state index >= 15 is 0 Å². The van der Waals surface area contributed by atoms with Gasteiger partial charge in [-0.1, -0.05) is 30.3 Å². The predicted molar refractivity (Wildman–Crippen MR) is 88.4 cm³/mol. The molecule has 2 aromatic carbocycles. The molecule has 0 radical (unpaired) electrons. The van der Waals surface area contributed by atoms with Crippen molar-refractivity contribution in [3.05, 3.63) is 77.6 Å². The number of amides is 2. The van der Waals surface area contributed by atoms with Crippen LogP contribution in [0.15, 0.2) is 60.7 Å². The van der Waals surface area contributed by atoms with Crippen LogP contribution in [0.2, 0.25) is 0 Å². The fraction of sp³-hybridized carbons (Fsp3) is 0.0556. The Morgan fingerprint density at radius 2 is 1.64 bits per heavy atom. The minimum absolute atomic E-state index is 0.171. The van der Waals surface area contributed by atoms with Crippen molar-refractivity contribution in [3.8, 4) is 0 Å². The van der Waals surface area contributed by atoms with Crippen molar-refractivity contribution in [3.63, 3.8) is 0 Å². The maximum absolute atomic E-state index is 12.8.